The Balaban J connectivity index is 2.28. The fourth-order valence-electron chi connectivity index (χ4n) is 2.01. The number of H-pyrrole nitrogens is 1. The first-order valence-electron chi connectivity index (χ1n) is 5.76. The average molecular weight is 262 g/mol. The summed E-state index contributed by atoms with van der Waals surface area (Å²) in [6.07, 6.45) is 1.86. The van der Waals surface area contributed by atoms with Crippen molar-refractivity contribution in [1.29, 1.82) is 0 Å². The highest BCUT2D eigenvalue weighted by atomic mass is 16.4. The number of phenols is 1. The number of rotatable bonds is 4. The number of hydrogen-bond acceptors (Lipinski definition) is 3. The van der Waals surface area contributed by atoms with E-state index in [9.17, 15) is 14.7 Å². The second-order valence-electron chi connectivity index (χ2n) is 4.34. The van der Waals surface area contributed by atoms with Gasteiger partial charge in [-0.05, 0) is 17.7 Å². The van der Waals surface area contributed by atoms with Gasteiger partial charge in [0.2, 0.25) is 5.91 Å². The number of benzene rings is 1. The molecule has 1 aromatic carbocycles. The lowest BCUT2D eigenvalue weighted by Gasteiger charge is -2.12. The second kappa shape index (κ2) is 5.01. The largest absolute Gasteiger partial charge is 0.508 e. The number of phenolic OH excluding ortho intramolecular Hbond substituents is 1. The molecule has 0 spiro atoms. The predicted octanol–water partition coefficient (Wildman–Crippen LogP) is 1.01. The van der Waals surface area contributed by atoms with Crippen LogP contribution in [-0.4, -0.2) is 33.1 Å². The van der Waals surface area contributed by atoms with Crippen molar-refractivity contribution in [3.05, 3.63) is 30.0 Å². The van der Waals surface area contributed by atoms with E-state index < -0.39 is 12.0 Å². The van der Waals surface area contributed by atoms with Gasteiger partial charge in [-0.3, -0.25) is 4.79 Å². The van der Waals surface area contributed by atoms with E-state index in [1.165, 1.54) is 13.0 Å². The molecule has 0 radical (unpaired) electrons. The van der Waals surface area contributed by atoms with Crippen LogP contribution in [0.2, 0.25) is 0 Å². The maximum absolute atomic E-state index is 11.1. The number of aromatic hydroxyl groups is 1. The molecule has 1 heterocycles. The summed E-state index contributed by atoms with van der Waals surface area (Å²) in [4.78, 5) is 25.0. The van der Waals surface area contributed by atoms with E-state index in [2.05, 4.69) is 10.3 Å². The molecular weight excluding hydrogens is 248 g/mol. The number of aromatic nitrogens is 1. The van der Waals surface area contributed by atoms with Gasteiger partial charge < -0.3 is 20.5 Å². The van der Waals surface area contributed by atoms with Crippen molar-refractivity contribution in [3.63, 3.8) is 0 Å². The van der Waals surface area contributed by atoms with Gasteiger partial charge in [-0.15, -0.1) is 0 Å². The highest BCUT2D eigenvalue weighted by Gasteiger charge is 2.20. The van der Waals surface area contributed by atoms with E-state index in [1.807, 2.05) is 0 Å². The topological polar surface area (TPSA) is 102 Å². The molecule has 0 bridgehead atoms. The lowest BCUT2D eigenvalue weighted by atomic mass is 10.0. The molecule has 0 saturated carbocycles. The molecule has 4 N–H and O–H groups in total. The SMILES string of the molecule is CC(=O)NC(Cc1c[nH]c2cc(O)ccc12)C(=O)O. The van der Waals surface area contributed by atoms with Crippen molar-refractivity contribution in [1.82, 2.24) is 10.3 Å². The highest BCUT2D eigenvalue weighted by Crippen LogP contribution is 2.23. The van der Waals surface area contributed by atoms with Crippen LogP contribution >= 0.6 is 0 Å². The zero-order chi connectivity index (χ0) is 14.0. The van der Waals surface area contributed by atoms with Gasteiger partial charge in [0, 0.05) is 36.5 Å². The molecule has 1 unspecified atom stereocenters. The van der Waals surface area contributed by atoms with Gasteiger partial charge in [-0.25, -0.2) is 4.79 Å². The first-order chi connectivity index (χ1) is 8.97. The number of carbonyl (C=O) groups excluding carboxylic acids is 1. The maximum atomic E-state index is 11.1. The van der Waals surface area contributed by atoms with Crippen LogP contribution in [0.4, 0.5) is 0 Å². The number of aromatic amines is 1. The maximum Gasteiger partial charge on any atom is 0.326 e. The smallest absolute Gasteiger partial charge is 0.326 e. The van der Waals surface area contributed by atoms with E-state index in [0.29, 0.717) is 0 Å². The molecule has 0 saturated heterocycles. The summed E-state index contributed by atoms with van der Waals surface area (Å²) in [6.45, 7) is 1.28. The molecule has 1 amide bonds. The van der Waals surface area contributed by atoms with Crippen molar-refractivity contribution in [2.75, 3.05) is 0 Å². The van der Waals surface area contributed by atoms with Gasteiger partial charge in [-0.1, -0.05) is 0 Å². The number of carbonyl (C=O) groups is 2. The third-order valence-electron chi connectivity index (χ3n) is 2.85. The first-order valence-corrected chi connectivity index (χ1v) is 5.76. The van der Waals surface area contributed by atoms with E-state index >= 15 is 0 Å². The molecule has 6 heteroatoms. The minimum atomic E-state index is -1.08. The molecule has 19 heavy (non-hydrogen) atoms. The normalized spacial score (nSPS) is 12.3. The Morgan fingerprint density at radius 1 is 1.42 bits per heavy atom. The minimum absolute atomic E-state index is 0.137. The molecule has 2 aromatic rings. The number of hydrogen-bond donors (Lipinski definition) is 4. The van der Waals surface area contributed by atoms with Crippen LogP contribution in [0.15, 0.2) is 24.4 Å². The summed E-state index contributed by atoms with van der Waals surface area (Å²) >= 11 is 0. The molecule has 1 aromatic heterocycles. The molecule has 6 nitrogen and oxygen atoms in total. The predicted molar refractivity (Wildman–Crippen MR) is 68.9 cm³/mol. The van der Waals surface area contributed by atoms with Crippen molar-refractivity contribution in [3.8, 4) is 5.75 Å². The second-order valence-corrected chi connectivity index (χ2v) is 4.34. The lowest BCUT2D eigenvalue weighted by Crippen LogP contribution is -2.41. The van der Waals surface area contributed by atoms with Crippen LogP contribution in [0.5, 0.6) is 5.75 Å². The fourth-order valence-corrected chi connectivity index (χ4v) is 2.01. The number of amides is 1. The third-order valence-corrected chi connectivity index (χ3v) is 2.85. The average Bonchev–Trinajstić information content (AvgIpc) is 2.70. The van der Waals surface area contributed by atoms with Crippen LogP contribution in [-0.2, 0) is 16.0 Å². The lowest BCUT2D eigenvalue weighted by molar-refractivity contribution is -0.141. The molecule has 0 fully saturated rings. The van der Waals surface area contributed by atoms with Gasteiger partial charge >= 0.3 is 5.97 Å². The van der Waals surface area contributed by atoms with Crippen LogP contribution < -0.4 is 5.32 Å². The Labute approximate surface area is 109 Å². The molecule has 0 aliphatic carbocycles. The van der Waals surface area contributed by atoms with Gasteiger partial charge in [0.15, 0.2) is 0 Å². The standard InChI is InChI=1S/C13H14N2O4/c1-7(16)15-12(13(18)19)4-8-6-14-11-5-9(17)2-3-10(8)11/h2-3,5-6,12,14,17H,4H2,1H3,(H,15,16)(H,18,19). The Bertz CT molecular complexity index is 633. The number of aliphatic carboxylic acids is 1. The zero-order valence-electron chi connectivity index (χ0n) is 10.3. The van der Waals surface area contributed by atoms with Crippen LogP contribution in [0.1, 0.15) is 12.5 Å². The Hall–Kier alpha value is -2.50. The quantitative estimate of drug-likeness (QED) is 0.660. The highest BCUT2D eigenvalue weighted by molar-refractivity contribution is 5.86. The Morgan fingerprint density at radius 3 is 2.79 bits per heavy atom. The van der Waals surface area contributed by atoms with E-state index in [1.54, 1.807) is 18.3 Å². The van der Waals surface area contributed by atoms with Gasteiger partial charge in [0.05, 0.1) is 0 Å². The van der Waals surface area contributed by atoms with Crippen LogP contribution in [0.3, 0.4) is 0 Å². The third kappa shape index (κ3) is 2.85. The summed E-state index contributed by atoms with van der Waals surface area (Å²) in [5.41, 5.74) is 1.50. The zero-order valence-corrected chi connectivity index (χ0v) is 10.3. The number of fused-ring (bicyclic) bond motifs is 1. The molecule has 100 valence electrons. The number of nitrogens with one attached hydrogen (secondary N) is 2. The summed E-state index contributed by atoms with van der Waals surface area (Å²) in [7, 11) is 0. The van der Waals surface area contributed by atoms with Crippen LogP contribution in [0, 0.1) is 0 Å². The van der Waals surface area contributed by atoms with E-state index in [0.717, 1.165) is 16.5 Å². The monoisotopic (exact) mass is 262 g/mol. The summed E-state index contributed by atoms with van der Waals surface area (Å²) < 4.78 is 0. The molecule has 2 rings (SSSR count). The molecular formula is C13H14N2O4. The van der Waals surface area contributed by atoms with Gasteiger partial charge in [-0.2, -0.15) is 0 Å². The minimum Gasteiger partial charge on any atom is -0.508 e. The van der Waals surface area contributed by atoms with Gasteiger partial charge in [0.1, 0.15) is 11.8 Å². The van der Waals surface area contributed by atoms with Crippen molar-refractivity contribution >= 4 is 22.8 Å². The van der Waals surface area contributed by atoms with E-state index in [-0.39, 0.29) is 18.1 Å². The van der Waals surface area contributed by atoms with E-state index in [4.69, 9.17) is 5.11 Å². The van der Waals surface area contributed by atoms with Crippen LogP contribution in [0.25, 0.3) is 10.9 Å². The Kier molecular flexibility index (Phi) is 3.41. The number of carboxylic acid groups (broad SMARTS) is 1. The summed E-state index contributed by atoms with van der Waals surface area (Å²) in [6, 6.07) is 3.84. The van der Waals surface area contributed by atoms with Gasteiger partial charge in [0.25, 0.3) is 0 Å². The first kappa shape index (κ1) is 12.9. The fraction of sp³-hybridized carbons (Fsp3) is 0.231. The molecule has 0 aliphatic rings. The molecule has 1 atom stereocenters. The Morgan fingerprint density at radius 2 is 2.16 bits per heavy atom. The summed E-state index contributed by atoms with van der Waals surface area (Å²) in [5, 5.41) is 21.6. The number of carboxylic acids is 1. The van der Waals surface area contributed by atoms with Crippen molar-refractivity contribution in [2.45, 2.75) is 19.4 Å². The van der Waals surface area contributed by atoms with Crippen molar-refractivity contribution < 1.29 is 19.8 Å². The molecule has 0 aliphatic heterocycles. The summed E-state index contributed by atoms with van der Waals surface area (Å²) in [5.74, 6) is -1.33. The van der Waals surface area contributed by atoms with Crippen molar-refractivity contribution in [2.24, 2.45) is 0 Å².